The number of aromatic nitrogens is 3. The lowest BCUT2D eigenvalue weighted by Gasteiger charge is -2.17. The molecule has 0 fully saturated rings. The van der Waals surface area contributed by atoms with E-state index in [1.165, 1.54) is 11.1 Å². The fraction of sp³-hybridized carbons (Fsp3) is 0.222. The van der Waals surface area contributed by atoms with Crippen molar-refractivity contribution in [2.24, 2.45) is 0 Å². The maximum absolute atomic E-state index is 4.19. The standard InChI is InChI=1S/C18H19N3/c1-3-7-16(8-4-1)13-18(17-9-5-2-6-10-17)11-12-21-15-19-14-20-21/h1-10,14-15,18H,11-13H2/t18-/m0/s1. The predicted octanol–water partition coefficient (Wildman–Crippen LogP) is 3.69. The van der Waals surface area contributed by atoms with Crippen molar-refractivity contribution in [3.8, 4) is 0 Å². The van der Waals surface area contributed by atoms with Gasteiger partial charge >= 0.3 is 0 Å². The molecule has 0 saturated heterocycles. The van der Waals surface area contributed by atoms with Gasteiger partial charge in [0.1, 0.15) is 12.7 Å². The molecule has 21 heavy (non-hydrogen) atoms. The molecule has 3 rings (SSSR count). The highest BCUT2D eigenvalue weighted by atomic mass is 15.3. The van der Waals surface area contributed by atoms with Crippen LogP contribution in [0.2, 0.25) is 0 Å². The van der Waals surface area contributed by atoms with Crippen LogP contribution < -0.4 is 0 Å². The van der Waals surface area contributed by atoms with Crippen molar-refractivity contribution in [2.75, 3.05) is 0 Å². The lowest BCUT2D eigenvalue weighted by molar-refractivity contribution is 0.510. The monoisotopic (exact) mass is 277 g/mol. The molecule has 0 aliphatic rings. The lowest BCUT2D eigenvalue weighted by atomic mass is 9.89. The Labute approximate surface area is 125 Å². The second-order valence-electron chi connectivity index (χ2n) is 5.24. The van der Waals surface area contributed by atoms with Crippen LogP contribution in [0.4, 0.5) is 0 Å². The quantitative estimate of drug-likeness (QED) is 0.688. The Balaban J connectivity index is 1.74. The number of benzene rings is 2. The average Bonchev–Trinajstić information content (AvgIpc) is 3.07. The van der Waals surface area contributed by atoms with Gasteiger partial charge in [0, 0.05) is 6.54 Å². The molecule has 2 aromatic carbocycles. The van der Waals surface area contributed by atoms with Crippen LogP contribution in [-0.4, -0.2) is 14.8 Å². The number of rotatable bonds is 6. The molecule has 0 bridgehead atoms. The normalized spacial score (nSPS) is 12.2. The lowest BCUT2D eigenvalue weighted by Crippen LogP contribution is -2.08. The molecule has 3 nitrogen and oxygen atoms in total. The van der Waals surface area contributed by atoms with Crippen LogP contribution in [0.3, 0.4) is 0 Å². The summed E-state index contributed by atoms with van der Waals surface area (Å²) in [6, 6.07) is 21.4. The molecular weight excluding hydrogens is 258 g/mol. The molecule has 3 aromatic rings. The minimum Gasteiger partial charge on any atom is -0.253 e. The first-order valence-electron chi connectivity index (χ1n) is 7.33. The maximum Gasteiger partial charge on any atom is 0.137 e. The SMILES string of the molecule is c1ccc(C[C@H](CCn2cncn2)c2ccccc2)cc1. The van der Waals surface area contributed by atoms with E-state index in [2.05, 4.69) is 70.7 Å². The summed E-state index contributed by atoms with van der Waals surface area (Å²) in [6.45, 7) is 0.895. The van der Waals surface area contributed by atoms with Crippen LogP contribution in [0.15, 0.2) is 73.3 Å². The fourth-order valence-electron chi connectivity index (χ4n) is 2.65. The summed E-state index contributed by atoms with van der Waals surface area (Å²) in [5.74, 6) is 0.498. The topological polar surface area (TPSA) is 30.7 Å². The summed E-state index contributed by atoms with van der Waals surface area (Å²) >= 11 is 0. The largest absolute Gasteiger partial charge is 0.253 e. The molecule has 0 unspecified atom stereocenters. The third-order valence-electron chi connectivity index (χ3n) is 3.77. The Bertz CT molecular complexity index is 633. The minimum atomic E-state index is 0.498. The van der Waals surface area contributed by atoms with E-state index in [-0.39, 0.29) is 0 Å². The van der Waals surface area contributed by atoms with Crippen LogP contribution in [0.5, 0.6) is 0 Å². The average molecular weight is 277 g/mol. The first-order valence-corrected chi connectivity index (χ1v) is 7.33. The van der Waals surface area contributed by atoms with E-state index in [4.69, 9.17) is 0 Å². The molecule has 0 amide bonds. The summed E-state index contributed by atoms with van der Waals surface area (Å²) < 4.78 is 1.90. The van der Waals surface area contributed by atoms with Crippen molar-refractivity contribution >= 4 is 0 Å². The van der Waals surface area contributed by atoms with Crippen molar-refractivity contribution in [3.63, 3.8) is 0 Å². The number of hydrogen-bond acceptors (Lipinski definition) is 2. The molecule has 1 atom stereocenters. The Kier molecular flexibility index (Phi) is 4.42. The van der Waals surface area contributed by atoms with Crippen molar-refractivity contribution in [2.45, 2.75) is 25.3 Å². The van der Waals surface area contributed by atoms with Gasteiger partial charge in [-0.15, -0.1) is 0 Å². The summed E-state index contributed by atoms with van der Waals surface area (Å²) in [7, 11) is 0. The van der Waals surface area contributed by atoms with Gasteiger partial charge in [0.2, 0.25) is 0 Å². The Morgan fingerprint density at radius 3 is 2.29 bits per heavy atom. The van der Waals surface area contributed by atoms with Gasteiger partial charge in [-0.05, 0) is 29.9 Å². The molecule has 0 aliphatic heterocycles. The fourth-order valence-corrected chi connectivity index (χ4v) is 2.65. The van der Waals surface area contributed by atoms with Gasteiger partial charge in [-0.2, -0.15) is 5.10 Å². The van der Waals surface area contributed by atoms with Gasteiger partial charge < -0.3 is 0 Å². The van der Waals surface area contributed by atoms with E-state index < -0.39 is 0 Å². The molecular formula is C18H19N3. The molecule has 1 heterocycles. The van der Waals surface area contributed by atoms with Crippen LogP contribution in [0.1, 0.15) is 23.5 Å². The van der Waals surface area contributed by atoms with Gasteiger partial charge in [0.25, 0.3) is 0 Å². The third-order valence-corrected chi connectivity index (χ3v) is 3.77. The zero-order valence-electron chi connectivity index (χ0n) is 12.0. The van der Waals surface area contributed by atoms with E-state index in [0.717, 1.165) is 19.4 Å². The van der Waals surface area contributed by atoms with Crippen LogP contribution in [0.25, 0.3) is 0 Å². The van der Waals surface area contributed by atoms with Crippen molar-refractivity contribution in [1.82, 2.24) is 14.8 Å². The Morgan fingerprint density at radius 2 is 1.62 bits per heavy atom. The van der Waals surface area contributed by atoms with Crippen molar-refractivity contribution < 1.29 is 0 Å². The third kappa shape index (κ3) is 3.78. The molecule has 0 saturated carbocycles. The first kappa shape index (κ1) is 13.6. The summed E-state index contributed by atoms with van der Waals surface area (Å²) in [6.07, 6.45) is 5.49. The van der Waals surface area contributed by atoms with Crippen molar-refractivity contribution in [3.05, 3.63) is 84.4 Å². The molecule has 0 spiro atoms. The molecule has 0 N–H and O–H groups in total. The summed E-state index contributed by atoms with van der Waals surface area (Å²) in [5, 5.41) is 4.19. The second kappa shape index (κ2) is 6.84. The minimum absolute atomic E-state index is 0.498. The number of aryl methyl sites for hydroxylation is 1. The highest BCUT2D eigenvalue weighted by Gasteiger charge is 2.12. The second-order valence-corrected chi connectivity index (χ2v) is 5.24. The maximum atomic E-state index is 4.19. The number of hydrogen-bond donors (Lipinski definition) is 0. The molecule has 0 radical (unpaired) electrons. The van der Waals surface area contributed by atoms with Crippen LogP contribution in [-0.2, 0) is 13.0 Å². The molecule has 1 aromatic heterocycles. The van der Waals surface area contributed by atoms with Crippen LogP contribution in [0, 0.1) is 0 Å². The summed E-state index contributed by atoms with van der Waals surface area (Å²) in [5.41, 5.74) is 2.77. The highest BCUT2D eigenvalue weighted by Crippen LogP contribution is 2.24. The van der Waals surface area contributed by atoms with E-state index in [1.807, 2.05) is 4.68 Å². The van der Waals surface area contributed by atoms with Gasteiger partial charge in [0.15, 0.2) is 0 Å². The zero-order valence-corrected chi connectivity index (χ0v) is 12.0. The van der Waals surface area contributed by atoms with E-state index in [1.54, 1.807) is 12.7 Å². The van der Waals surface area contributed by atoms with Gasteiger partial charge in [-0.1, -0.05) is 60.7 Å². The van der Waals surface area contributed by atoms with Gasteiger partial charge in [-0.3, -0.25) is 4.68 Å². The number of nitrogens with zero attached hydrogens (tertiary/aromatic N) is 3. The first-order chi connectivity index (χ1) is 10.4. The Morgan fingerprint density at radius 1 is 0.905 bits per heavy atom. The Hall–Kier alpha value is -2.42. The molecule has 0 aliphatic carbocycles. The van der Waals surface area contributed by atoms with Crippen LogP contribution >= 0.6 is 0 Å². The highest BCUT2D eigenvalue weighted by molar-refractivity contribution is 5.24. The van der Waals surface area contributed by atoms with Gasteiger partial charge in [0.05, 0.1) is 0 Å². The smallest absolute Gasteiger partial charge is 0.137 e. The van der Waals surface area contributed by atoms with Crippen molar-refractivity contribution in [1.29, 1.82) is 0 Å². The van der Waals surface area contributed by atoms with E-state index >= 15 is 0 Å². The van der Waals surface area contributed by atoms with Gasteiger partial charge in [-0.25, -0.2) is 4.98 Å². The molecule has 3 heteroatoms. The van der Waals surface area contributed by atoms with E-state index in [0.29, 0.717) is 5.92 Å². The molecule has 106 valence electrons. The van der Waals surface area contributed by atoms with E-state index in [9.17, 15) is 0 Å². The zero-order chi connectivity index (χ0) is 14.3. The predicted molar refractivity (Wildman–Crippen MR) is 84.0 cm³/mol. The summed E-state index contributed by atoms with van der Waals surface area (Å²) in [4.78, 5) is 4.01.